The first-order valence-corrected chi connectivity index (χ1v) is 12.9. The van der Waals surface area contributed by atoms with Crippen molar-refractivity contribution in [1.82, 2.24) is 20.2 Å². The normalized spacial score (nSPS) is 16.0. The number of fused-ring (bicyclic) bond motifs is 1. The first kappa shape index (κ1) is 25.4. The zero-order valence-electron chi connectivity index (χ0n) is 20.5. The Hall–Kier alpha value is -3.69. The van der Waals surface area contributed by atoms with Crippen LogP contribution in [0, 0.1) is 6.92 Å². The highest BCUT2D eigenvalue weighted by Crippen LogP contribution is 2.33. The number of aromatic nitrogens is 2. The number of benzene rings is 2. The quantitative estimate of drug-likeness (QED) is 0.295. The molecule has 0 aliphatic carbocycles. The van der Waals surface area contributed by atoms with Gasteiger partial charge in [-0.25, -0.2) is 9.78 Å². The van der Waals surface area contributed by atoms with Gasteiger partial charge in [0.1, 0.15) is 30.3 Å². The minimum absolute atomic E-state index is 0.0825. The van der Waals surface area contributed by atoms with Crippen molar-refractivity contribution in [1.29, 1.82) is 0 Å². The fourth-order valence-corrected chi connectivity index (χ4v) is 4.91. The van der Waals surface area contributed by atoms with Crippen LogP contribution < -0.4 is 10.1 Å². The van der Waals surface area contributed by atoms with Gasteiger partial charge in [-0.2, -0.15) is 0 Å². The van der Waals surface area contributed by atoms with Gasteiger partial charge in [0, 0.05) is 11.3 Å². The van der Waals surface area contributed by atoms with E-state index in [1.807, 2.05) is 56.5 Å². The molecule has 2 atom stereocenters. The Morgan fingerprint density at radius 1 is 1.14 bits per heavy atom. The van der Waals surface area contributed by atoms with Gasteiger partial charge in [-0.15, -0.1) is 11.3 Å². The third-order valence-electron chi connectivity index (χ3n) is 5.80. The molecule has 1 saturated heterocycles. The summed E-state index contributed by atoms with van der Waals surface area (Å²) in [6.45, 7) is 6.11. The molecule has 3 amide bonds. The van der Waals surface area contributed by atoms with Crippen molar-refractivity contribution in [3.8, 4) is 5.75 Å². The van der Waals surface area contributed by atoms with Gasteiger partial charge >= 0.3 is 6.03 Å². The molecule has 1 fully saturated rings. The summed E-state index contributed by atoms with van der Waals surface area (Å²) >= 11 is 1.58. The van der Waals surface area contributed by atoms with Crippen LogP contribution in [0.1, 0.15) is 47.8 Å². The van der Waals surface area contributed by atoms with Gasteiger partial charge in [0.2, 0.25) is 0 Å². The summed E-state index contributed by atoms with van der Waals surface area (Å²) < 4.78 is 5.39. The number of urea groups is 1. The molecule has 1 aliphatic rings. The molecule has 0 radical (unpaired) electrons. The fourth-order valence-electron chi connectivity index (χ4n) is 4.17. The predicted molar refractivity (Wildman–Crippen MR) is 140 cm³/mol. The van der Waals surface area contributed by atoms with Crippen LogP contribution in [0.4, 0.5) is 4.79 Å². The summed E-state index contributed by atoms with van der Waals surface area (Å²) in [5, 5.41) is 13.7. The monoisotopic (exact) mass is 506 g/mol. The van der Waals surface area contributed by atoms with Crippen LogP contribution in [0.3, 0.4) is 0 Å². The maximum absolute atomic E-state index is 13.5. The molecular weight excluding hydrogens is 476 g/mol. The van der Waals surface area contributed by atoms with E-state index in [4.69, 9.17) is 14.8 Å². The summed E-state index contributed by atoms with van der Waals surface area (Å²) in [5.74, 6) is 0.831. The Kier molecular flexibility index (Phi) is 8.02. The Morgan fingerprint density at radius 3 is 2.61 bits per heavy atom. The molecule has 0 bridgehead atoms. The third kappa shape index (κ3) is 5.27. The number of H-pyrrole nitrogens is 1. The average Bonchev–Trinajstić information content (AvgIpc) is 3.62. The molecule has 2 aromatic carbocycles. The highest BCUT2D eigenvalue weighted by Gasteiger charge is 2.44. The average molecular weight is 507 g/mol. The number of aliphatic hydroxyl groups is 1. The molecule has 2 aromatic heterocycles. The van der Waals surface area contributed by atoms with Crippen LogP contribution >= 0.6 is 11.3 Å². The smallest absolute Gasteiger partial charge is 0.325 e. The van der Waals surface area contributed by atoms with E-state index in [1.54, 1.807) is 35.6 Å². The summed E-state index contributed by atoms with van der Waals surface area (Å²) in [5.41, 5.74) is 3.42. The van der Waals surface area contributed by atoms with Gasteiger partial charge in [-0.3, -0.25) is 9.69 Å². The Morgan fingerprint density at radius 2 is 1.92 bits per heavy atom. The number of carbonyl (C=O) groups is 2. The second-order valence-electron chi connectivity index (χ2n) is 8.17. The van der Waals surface area contributed by atoms with E-state index in [1.165, 1.54) is 4.90 Å². The number of aromatic amines is 1. The maximum atomic E-state index is 13.5. The molecule has 5 rings (SSSR count). The minimum Gasteiger partial charge on any atom is -0.491 e. The zero-order valence-corrected chi connectivity index (χ0v) is 21.3. The zero-order chi connectivity index (χ0) is 25.7. The summed E-state index contributed by atoms with van der Waals surface area (Å²) in [6, 6.07) is 15.0. The molecule has 1 aliphatic heterocycles. The van der Waals surface area contributed by atoms with Crippen LogP contribution in [-0.2, 0) is 11.2 Å². The van der Waals surface area contributed by atoms with Gasteiger partial charge in [0.25, 0.3) is 5.91 Å². The van der Waals surface area contributed by atoms with Gasteiger partial charge in [-0.1, -0.05) is 38.1 Å². The molecule has 0 spiro atoms. The largest absolute Gasteiger partial charge is 0.491 e. The Bertz CT molecular complexity index is 1320. The van der Waals surface area contributed by atoms with Crippen molar-refractivity contribution < 1.29 is 19.4 Å². The number of hydrogen-bond acceptors (Lipinski definition) is 6. The van der Waals surface area contributed by atoms with E-state index in [-0.39, 0.29) is 19.1 Å². The number of rotatable bonds is 8. The number of ether oxygens (including phenoxy) is 1. The van der Waals surface area contributed by atoms with Gasteiger partial charge < -0.3 is 20.1 Å². The Balaban J connectivity index is 0.00000148. The van der Waals surface area contributed by atoms with E-state index < -0.39 is 18.1 Å². The molecular formula is C27H30N4O4S. The molecule has 4 aromatic rings. The second kappa shape index (κ2) is 11.4. The first-order valence-electron chi connectivity index (χ1n) is 12.0. The topological polar surface area (TPSA) is 108 Å². The van der Waals surface area contributed by atoms with E-state index in [0.717, 1.165) is 21.5 Å². The standard InChI is InChI=1S/C25H24N4O4S.C2H6/c1-15-4-9-19-20(13-15)27-23(26-19)21(14-18-3-2-12-34-18)29-24(31)22(28-25(29)32)16-5-7-17(8-6-16)33-11-10-30;1-2/h2-9,12-13,21-22,30H,10-11,14H2,1H3,(H,26,27)(H,28,32);1-2H3/t21-,22+;/m0./s1. The summed E-state index contributed by atoms with van der Waals surface area (Å²) in [4.78, 5) is 37.0. The lowest BCUT2D eigenvalue weighted by Crippen LogP contribution is -2.36. The fraction of sp³-hybridized carbons (Fsp3) is 0.296. The van der Waals surface area contributed by atoms with E-state index in [2.05, 4.69) is 10.3 Å². The molecule has 0 unspecified atom stereocenters. The van der Waals surface area contributed by atoms with E-state index >= 15 is 0 Å². The van der Waals surface area contributed by atoms with Crippen molar-refractivity contribution in [2.24, 2.45) is 0 Å². The van der Waals surface area contributed by atoms with Gasteiger partial charge in [0.05, 0.1) is 17.6 Å². The van der Waals surface area contributed by atoms with Crippen molar-refractivity contribution >= 4 is 34.3 Å². The number of imidazole rings is 1. The van der Waals surface area contributed by atoms with Gasteiger partial charge in [0.15, 0.2) is 0 Å². The molecule has 3 heterocycles. The lowest BCUT2D eigenvalue weighted by atomic mass is 10.1. The first-order chi connectivity index (χ1) is 17.5. The van der Waals surface area contributed by atoms with Crippen LogP contribution in [0.15, 0.2) is 60.0 Å². The van der Waals surface area contributed by atoms with Crippen molar-refractivity contribution in [2.45, 2.75) is 39.3 Å². The number of thiophene rings is 1. The number of carbonyl (C=O) groups excluding carboxylic acids is 2. The molecule has 0 saturated carbocycles. The van der Waals surface area contributed by atoms with E-state index in [9.17, 15) is 9.59 Å². The number of amides is 3. The van der Waals surface area contributed by atoms with Crippen molar-refractivity contribution in [2.75, 3.05) is 13.2 Å². The number of imide groups is 1. The molecule has 36 heavy (non-hydrogen) atoms. The Labute approximate surface area is 213 Å². The third-order valence-corrected chi connectivity index (χ3v) is 6.70. The number of hydrogen-bond donors (Lipinski definition) is 3. The molecule has 8 nitrogen and oxygen atoms in total. The highest BCUT2D eigenvalue weighted by atomic mass is 32.1. The van der Waals surface area contributed by atoms with Crippen LogP contribution in [0.2, 0.25) is 0 Å². The molecule has 9 heteroatoms. The molecule has 3 N–H and O–H groups in total. The van der Waals surface area contributed by atoms with Crippen LogP contribution in [-0.4, -0.2) is 45.1 Å². The lowest BCUT2D eigenvalue weighted by molar-refractivity contribution is -0.129. The number of aryl methyl sites for hydroxylation is 1. The number of nitrogens with one attached hydrogen (secondary N) is 2. The maximum Gasteiger partial charge on any atom is 0.325 e. The summed E-state index contributed by atoms with van der Waals surface area (Å²) in [7, 11) is 0. The van der Waals surface area contributed by atoms with Crippen molar-refractivity contribution in [3.63, 3.8) is 0 Å². The second-order valence-corrected chi connectivity index (χ2v) is 9.21. The molecule has 188 valence electrons. The number of aliphatic hydroxyl groups excluding tert-OH is 1. The minimum atomic E-state index is -0.795. The SMILES string of the molecule is CC.Cc1ccc2nc([C@H](Cc3cccs3)N3C(=O)N[C@H](c4ccc(OCCO)cc4)C3=O)[nH]c2c1. The highest BCUT2D eigenvalue weighted by molar-refractivity contribution is 7.09. The summed E-state index contributed by atoms with van der Waals surface area (Å²) in [6.07, 6.45) is 0.469. The van der Waals surface area contributed by atoms with Crippen LogP contribution in [0.25, 0.3) is 11.0 Å². The number of nitrogens with zero attached hydrogens (tertiary/aromatic N) is 2. The van der Waals surface area contributed by atoms with Crippen LogP contribution in [0.5, 0.6) is 5.75 Å². The predicted octanol–water partition coefficient (Wildman–Crippen LogP) is 4.91. The van der Waals surface area contributed by atoms with E-state index in [0.29, 0.717) is 23.6 Å². The van der Waals surface area contributed by atoms with Gasteiger partial charge in [-0.05, 0) is 53.8 Å². The lowest BCUT2D eigenvalue weighted by Gasteiger charge is -2.23. The van der Waals surface area contributed by atoms with Crippen molar-refractivity contribution in [3.05, 3.63) is 81.8 Å².